The predicted molar refractivity (Wildman–Crippen MR) is 101 cm³/mol. The molecule has 2 aliphatic heterocycles. The van der Waals surface area contributed by atoms with E-state index in [-0.39, 0.29) is 19.0 Å². The lowest BCUT2D eigenvalue weighted by atomic mass is 9.88. The van der Waals surface area contributed by atoms with Gasteiger partial charge in [0.2, 0.25) is 0 Å². The smallest absolute Gasteiger partial charge is 0.253 e. The van der Waals surface area contributed by atoms with E-state index in [4.69, 9.17) is 11.6 Å². The molecule has 1 aromatic carbocycles. The van der Waals surface area contributed by atoms with Crippen LogP contribution < -0.4 is 5.32 Å². The van der Waals surface area contributed by atoms with Crippen molar-refractivity contribution in [1.82, 2.24) is 15.1 Å². The van der Waals surface area contributed by atoms with Gasteiger partial charge in [-0.05, 0) is 63.7 Å². The molecule has 3 rings (SSSR count). The van der Waals surface area contributed by atoms with Crippen LogP contribution in [0.4, 0.5) is 0 Å². The molecule has 144 valence electrons. The van der Waals surface area contributed by atoms with Crippen molar-refractivity contribution in [2.45, 2.75) is 37.0 Å². The van der Waals surface area contributed by atoms with E-state index in [0.29, 0.717) is 29.6 Å². The van der Waals surface area contributed by atoms with Crippen LogP contribution in [-0.4, -0.2) is 83.4 Å². The Bertz CT molecular complexity index is 619. The van der Waals surface area contributed by atoms with Gasteiger partial charge in [0, 0.05) is 29.7 Å². The van der Waals surface area contributed by atoms with Crippen molar-refractivity contribution in [2.75, 3.05) is 39.8 Å². The topological polar surface area (TPSA) is 76.0 Å². The number of nitrogens with zero attached hydrogens (tertiary/aromatic N) is 2. The maximum atomic E-state index is 12.7. The number of piperidine rings is 2. The van der Waals surface area contributed by atoms with Crippen LogP contribution in [0.3, 0.4) is 0 Å². The normalized spacial score (nSPS) is 28.3. The standard InChI is InChI=1S/C19H28ClN3O3/c1-22-9-6-16(7-10-22)21-12-19(26)13-23(11-8-17(19)24)18(25)14-2-4-15(20)5-3-14/h2-5,16-17,21,24,26H,6-13H2,1H3/t17-,19+/m0/s1. The number of amides is 1. The highest BCUT2D eigenvalue weighted by molar-refractivity contribution is 6.30. The Labute approximate surface area is 159 Å². The Kier molecular flexibility index (Phi) is 6.20. The van der Waals surface area contributed by atoms with Gasteiger partial charge in [-0.3, -0.25) is 4.79 Å². The van der Waals surface area contributed by atoms with E-state index in [1.807, 2.05) is 0 Å². The molecule has 2 fully saturated rings. The van der Waals surface area contributed by atoms with Gasteiger partial charge in [-0.15, -0.1) is 0 Å². The molecule has 26 heavy (non-hydrogen) atoms. The van der Waals surface area contributed by atoms with Crippen LogP contribution in [0.2, 0.25) is 5.02 Å². The van der Waals surface area contributed by atoms with E-state index in [1.165, 1.54) is 0 Å². The SMILES string of the molecule is CN1CCC(NC[C@@]2(O)CN(C(=O)c3ccc(Cl)cc3)CC[C@@H]2O)CC1. The summed E-state index contributed by atoms with van der Waals surface area (Å²) in [5, 5.41) is 25.3. The molecule has 0 radical (unpaired) electrons. The van der Waals surface area contributed by atoms with Crippen molar-refractivity contribution < 1.29 is 15.0 Å². The summed E-state index contributed by atoms with van der Waals surface area (Å²) in [6.07, 6.45) is 1.58. The zero-order chi connectivity index (χ0) is 18.7. The lowest BCUT2D eigenvalue weighted by Crippen LogP contribution is -2.63. The number of carbonyl (C=O) groups excluding carboxylic acids is 1. The van der Waals surface area contributed by atoms with Crippen molar-refractivity contribution in [3.63, 3.8) is 0 Å². The largest absolute Gasteiger partial charge is 0.390 e. The summed E-state index contributed by atoms with van der Waals surface area (Å²) in [6.45, 7) is 2.89. The molecule has 0 unspecified atom stereocenters. The summed E-state index contributed by atoms with van der Waals surface area (Å²) in [5.41, 5.74) is -0.791. The molecule has 1 aromatic rings. The molecule has 2 atom stereocenters. The van der Waals surface area contributed by atoms with Gasteiger partial charge in [0.1, 0.15) is 5.60 Å². The number of aliphatic hydroxyl groups is 2. The van der Waals surface area contributed by atoms with E-state index in [9.17, 15) is 15.0 Å². The first-order valence-electron chi connectivity index (χ1n) is 9.24. The number of nitrogens with one attached hydrogen (secondary N) is 1. The number of hydrogen-bond donors (Lipinski definition) is 3. The Morgan fingerprint density at radius 2 is 1.88 bits per heavy atom. The molecule has 2 aliphatic rings. The van der Waals surface area contributed by atoms with E-state index >= 15 is 0 Å². The van der Waals surface area contributed by atoms with Crippen molar-refractivity contribution in [1.29, 1.82) is 0 Å². The van der Waals surface area contributed by atoms with Crippen LogP contribution in [0.1, 0.15) is 29.6 Å². The summed E-state index contributed by atoms with van der Waals surface area (Å²) < 4.78 is 0. The molecule has 0 saturated carbocycles. The third-order valence-electron chi connectivity index (χ3n) is 5.55. The minimum absolute atomic E-state index is 0.120. The second-order valence-electron chi connectivity index (χ2n) is 7.60. The molecule has 6 nitrogen and oxygen atoms in total. The third kappa shape index (κ3) is 4.56. The summed E-state index contributed by atoms with van der Waals surface area (Å²) in [7, 11) is 2.11. The van der Waals surface area contributed by atoms with Gasteiger partial charge >= 0.3 is 0 Å². The fourth-order valence-corrected chi connectivity index (χ4v) is 3.84. The summed E-state index contributed by atoms with van der Waals surface area (Å²) in [5.74, 6) is -0.147. The Morgan fingerprint density at radius 1 is 1.23 bits per heavy atom. The average molecular weight is 382 g/mol. The predicted octanol–water partition coefficient (Wildman–Crippen LogP) is 0.962. The van der Waals surface area contributed by atoms with Gasteiger partial charge in [-0.2, -0.15) is 0 Å². The molecule has 2 heterocycles. The van der Waals surface area contributed by atoms with Crippen LogP contribution in [0.25, 0.3) is 0 Å². The lowest BCUT2D eigenvalue weighted by molar-refractivity contribution is -0.112. The van der Waals surface area contributed by atoms with Gasteiger partial charge in [-0.1, -0.05) is 11.6 Å². The Morgan fingerprint density at radius 3 is 2.54 bits per heavy atom. The average Bonchev–Trinajstić information content (AvgIpc) is 2.64. The van der Waals surface area contributed by atoms with Gasteiger partial charge < -0.3 is 25.3 Å². The second kappa shape index (κ2) is 8.23. The van der Waals surface area contributed by atoms with Crippen LogP contribution in [0.5, 0.6) is 0 Å². The van der Waals surface area contributed by atoms with Crippen molar-refractivity contribution in [3.05, 3.63) is 34.9 Å². The number of halogens is 1. The minimum Gasteiger partial charge on any atom is -0.390 e. The van der Waals surface area contributed by atoms with Crippen LogP contribution >= 0.6 is 11.6 Å². The summed E-state index contributed by atoms with van der Waals surface area (Å²) in [4.78, 5) is 16.6. The molecule has 0 spiro atoms. The molecule has 0 aromatic heterocycles. The van der Waals surface area contributed by atoms with Gasteiger partial charge in [-0.25, -0.2) is 0 Å². The van der Waals surface area contributed by atoms with Gasteiger partial charge in [0.15, 0.2) is 0 Å². The summed E-state index contributed by atoms with van der Waals surface area (Å²) in [6, 6.07) is 7.07. The zero-order valence-corrected chi connectivity index (χ0v) is 16.0. The monoisotopic (exact) mass is 381 g/mol. The molecule has 0 bridgehead atoms. The van der Waals surface area contributed by atoms with Crippen molar-refractivity contribution in [2.24, 2.45) is 0 Å². The van der Waals surface area contributed by atoms with Crippen LogP contribution in [0.15, 0.2) is 24.3 Å². The quantitative estimate of drug-likeness (QED) is 0.724. The molecule has 7 heteroatoms. The number of carbonyl (C=O) groups is 1. The van der Waals surface area contributed by atoms with Crippen LogP contribution in [0, 0.1) is 0 Å². The lowest BCUT2D eigenvalue weighted by Gasteiger charge is -2.43. The molecule has 3 N–H and O–H groups in total. The number of benzene rings is 1. The minimum atomic E-state index is -1.33. The molecule has 2 saturated heterocycles. The third-order valence-corrected chi connectivity index (χ3v) is 5.80. The Hall–Kier alpha value is -1.18. The number of β-amino-alcohol motifs (C(OH)–C–C–N with tert-alkyl or cyclic N) is 1. The highest BCUT2D eigenvalue weighted by atomic mass is 35.5. The van der Waals surface area contributed by atoms with E-state index in [1.54, 1.807) is 29.2 Å². The Balaban J connectivity index is 1.61. The first kappa shape index (κ1) is 19.6. The maximum Gasteiger partial charge on any atom is 0.253 e. The molecule has 1 amide bonds. The first-order valence-corrected chi connectivity index (χ1v) is 9.62. The highest BCUT2D eigenvalue weighted by Crippen LogP contribution is 2.24. The zero-order valence-electron chi connectivity index (χ0n) is 15.2. The number of hydrogen-bond acceptors (Lipinski definition) is 5. The number of likely N-dealkylation sites (tertiary alicyclic amines) is 2. The highest BCUT2D eigenvalue weighted by Gasteiger charge is 2.42. The molecular formula is C19H28ClN3O3. The first-order chi connectivity index (χ1) is 12.4. The maximum absolute atomic E-state index is 12.7. The molecule has 0 aliphatic carbocycles. The molecular weight excluding hydrogens is 354 g/mol. The van der Waals surface area contributed by atoms with Crippen molar-refractivity contribution in [3.8, 4) is 0 Å². The number of rotatable bonds is 4. The van der Waals surface area contributed by atoms with E-state index < -0.39 is 11.7 Å². The van der Waals surface area contributed by atoms with E-state index in [2.05, 4.69) is 17.3 Å². The fraction of sp³-hybridized carbons (Fsp3) is 0.632. The van der Waals surface area contributed by atoms with Gasteiger partial charge in [0.25, 0.3) is 5.91 Å². The number of aliphatic hydroxyl groups excluding tert-OH is 1. The van der Waals surface area contributed by atoms with E-state index in [0.717, 1.165) is 25.9 Å². The van der Waals surface area contributed by atoms with Crippen LogP contribution in [-0.2, 0) is 0 Å². The summed E-state index contributed by atoms with van der Waals surface area (Å²) >= 11 is 5.88. The second-order valence-corrected chi connectivity index (χ2v) is 8.04. The van der Waals surface area contributed by atoms with Gasteiger partial charge in [0.05, 0.1) is 12.6 Å². The van der Waals surface area contributed by atoms with Crippen molar-refractivity contribution >= 4 is 17.5 Å². The fourth-order valence-electron chi connectivity index (χ4n) is 3.72.